The molecule has 1 N–H and O–H groups in total. The highest BCUT2D eigenvalue weighted by Gasteiger charge is 2.41. The number of hydrogen-bond donors (Lipinski definition) is 1. The number of methoxy groups -OCH3 is 2. The van der Waals surface area contributed by atoms with Crippen LogP contribution in [0.4, 0.5) is 0 Å². The van der Waals surface area contributed by atoms with Crippen molar-refractivity contribution in [2.75, 3.05) is 14.2 Å². The zero-order valence-corrected chi connectivity index (χ0v) is 16.9. The molecule has 1 fully saturated rings. The summed E-state index contributed by atoms with van der Waals surface area (Å²) in [7, 11) is 3.33. The van der Waals surface area contributed by atoms with E-state index in [1.165, 1.54) is 30.4 Å². The first-order chi connectivity index (χ1) is 13.2. The molecule has 1 saturated carbocycles. The van der Waals surface area contributed by atoms with Crippen molar-refractivity contribution in [1.82, 2.24) is 0 Å². The maximum Gasteiger partial charge on any atom is 0.218 e. The Morgan fingerprint density at radius 2 is 1.74 bits per heavy atom. The first kappa shape index (κ1) is 20.0. The second kappa shape index (κ2) is 9.43. The highest BCUT2D eigenvalue weighted by atomic mass is 16.5. The highest BCUT2D eigenvalue weighted by molar-refractivity contribution is 5.35. The van der Waals surface area contributed by atoms with Crippen molar-refractivity contribution >= 4 is 0 Å². The van der Waals surface area contributed by atoms with E-state index in [0.717, 1.165) is 37.9 Å². The Morgan fingerprint density at radius 3 is 2.44 bits per heavy atom. The minimum atomic E-state index is 0.00178. The molecule has 4 heteroatoms. The Hall–Kier alpha value is -1.78. The largest absolute Gasteiger partial charge is 0.629 e. The van der Waals surface area contributed by atoms with Gasteiger partial charge in [0.1, 0.15) is 6.04 Å². The van der Waals surface area contributed by atoms with Crippen LogP contribution in [0.2, 0.25) is 0 Å². The summed E-state index contributed by atoms with van der Waals surface area (Å²) in [5.74, 6) is 1.91. The Balaban J connectivity index is 1.63. The molecule has 0 radical (unpaired) electrons. The Kier molecular flexibility index (Phi) is 6.97. The molecule has 0 saturated heterocycles. The minimum Gasteiger partial charge on any atom is -0.629 e. The highest BCUT2D eigenvalue weighted by Crippen LogP contribution is 2.39. The number of hydrogen-bond acceptors (Lipinski definition) is 3. The molecule has 1 aliphatic heterocycles. The average Bonchev–Trinajstić information content (AvgIpc) is 2.71. The van der Waals surface area contributed by atoms with Crippen LogP contribution in [0.3, 0.4) is 0 Å². The average molecular weight is 372 g/mol. The zero-order chi connectivity index (χ0) is 19.2. The maximum atomic E-state index is 12.8. The van der Waals surface area contributed by atoms with Crippen molar-refractivity contribution in [3.63, 3.8) is 0 Å². The van der Waals surface area contributed by atoms with E-state index in [-0.39, 0.29) is 11.1 Å². The number of aryl methyl sites for hydroxylation is 1. The number of ether oxygens (including phenoxy) is 2. The van der Waals surface area contributed by atoms with Crippen LogP contribution >= 0.6 is 0 Å². The van der Waals surface area contributed by atoms with Crippen LogP contribution < -0.4 is 5.06 Å². The maximum absolute atomic E-state index is 12.8. The predicted octanol–water partition coefficient (Wildman–Crippen LogP) is 4.13. The molecule has 0 amide bonds. The van der Waals surface area contributed by atoms with Crippen LogP contribution in [-0.2, 0) is 15.9 Å². The van der Waals surface area contributed by atoms with Gasteiger partial charge < -0.3 is 19.7 Å². The summed E-state index contributed by atoms with van der Waals surface area (Å²) >= 11 is 0. The van der Waals surface area contributed by atoms with Crippen LogP contribution in [0.5, 0.6) is 0 Å². The fourth-order valence-corrected chi connectivity index (χ4v) is 4.75. The van der Waals surface area contributed by atoms with E-state index in [0.29, 0.717) is 17.4 Å². The summed E-state index contributed by atoms with van der Waals surface area (Å²) in [6.45, 7) is 1.87. The number of allylic oxidation sites excluding steroid dienone is 1. The Labute approximate surface area is 163 Å². The van der Waals surface area contributed by atoms with Gasteiger partial charge in [-0.1, -0.05) is 43.2 Å². The molecule has 3 unspecified atom stereocenters. The molecular formula is C23H33NO3. The number of nitrogens with one attached hydrogen (secondary N) is 1. The van der Waals surface area contributed by atoms with Crippen molar-refractivity contribution in [1.29, 1.82) is 0 Å². The number of fused-ring (bicyclic) bond motifs is 1. The van der Waals surface area contributed by atoms with Crippen molar-refractivity contribution in [2.45, 2.75) is 64.3 Å². The molecule has 3 rings (SSSR count). The smallest absolute Gasteiger partial charge is 0.218 e. The van der Waals surface area contributed by atoms with E-state index in [2.05, 4.69) is 30.3 Å². The molecule has 4 nitrogen and oxygen atoms in total. The van der Waals surface area contributed by atoms with Gasteiger partial charge in [0.2, 0.25) is 5.76 Å². The normalized spacial score (nSPS) is 25.4. The summed E-state index contributed by atoms with van der Waals surface area (Å²) in [6.07, 6.45) is 9.15. The molecule has 2 aliphatic rings. The van der Waals surface area contributed by atoms with Gasteiger partial charge in [-0.15, -0.1) is 0 Å². The Bertz CT molecular complexity index is 680. The van der Waals surface area contributed by atoms with E-state index < -0.39 is 0 Å². The molecule has 3 atom stereocenters. The molecule has 0 bridgehead atoms. The van der Waals surface area contributed by atoms with Crippen molar-refractivity contribution in [3.05, 3.63) is 63.9 Å². The summed E-state index contributed by atoms with van der Waals surface area (Å²) in [5, 5.41) is 13.1. The monoisotopic (exact) mass is 371 g/mol. The fourth-order valence-electron chi connectivity index (χ4n) is 4.75. The third kappa shape index (κ3) is 4.39. The molecule has 148 valence electrons. The van der Waals surface area contributed by atoms with E-state index in [1.54, 1.807) is 14.2 Å². The zero-order valence-electron chi connectivity index (χ0n) is 16.9. The standard InChI is InChI=1S/C23H33NO3/c1-17-22(26-2)23(27-3)21-19(15-10-16-20(21)24(17)25)14-9-5-8-13-18-11-6-4-7-12-18/h4,6-7,11-12,19-20,24H,5,8-10,13-16H2,1-3H3. The lowest BCUT2D eigenvalue weighted by Gasteiger charge is -2.43. The first-order valence-electron chi connectivity index (χ1n) is 10.3. The SMILES string of the molecule is COC1=C2C(CCCCCc3ccccc3)CCCC2[NH+]([O-])C(C)=C1OC. The molecule has 27 heavy (non-hydrogen) atoms. The lowest BCUT2D eigenvalue weighted by molar-refractivity contribution is -0.833. The van der Waals surface area contributed by atoms with Crippen LogP contribution in [0, 0.1) is 11.1 Å². The van der Waals surface area contributed by atoms with E-state index in [4.69, 9.17) is 9.47 Å². The summed E-state index contributed by atoms with van der Waals surface area (Å²) in [6, 6.07) is 10.7. The second-order valence-electron chi connectivity index (χ2n) is 7.78. The van der Waals surface area contributed by atoms with Crippen LogP contribution in [0.1, 0.15) is 57.4 Å². The lowest BCUT2D eigenvalue weighted by Crippen LogP contribution is -3.10. The van der Waals surface area contributed by atoms with E-state index in [1.807, 2.05) is 6.92 Å². The third-order valence-electron chi connectivity index (χ3n) is 6.12. The summed E-state index contributed by atoms with van der Waals surface area (Å²) < 4.78 is 11.3. The van der Waals surface area contributed by atoms with E-state index in [9.17, 15) is 5.21 Å². The predicted molar refractivity (Wildman–Crippen MR) is 108 cm³/mol. The topological polar surface area (TPSA) is 46.0 Å². The van der Waals surface area contributed by atoms with Crippen molar-refractivity contribution in [2.24, 2.45) is 5.92 Å². The summed E-state index contributed by atoms with van der Waals surface area (Å²) in [4.78, 5) is 0. The molecule has 1 aromatic rings. The Morgan fingerprint density at radius 1 is 1.00 bits per heavy atom. The molecular weight excluding hydrogens is 338 g/mol. The number of quaternary nitrogens is 1. The van der Waals surface area contributed by atoms with Crippen LogP contribution in [0.25, 0.3) is 0 Å². The molecule has 1 aromatic carbocycles. The number of hydroxylamine groups is 2. The molecule has 1 aliphatic carbocycles. The van der Waals surface area contributed by atoms with Gasteiger partial charge >= 0.3 is 0 Å². The van der Waals surface area contributed by atoms with E-state index >= 15 is 0 Å². The van der Waals surface area contributed by atoms with Gasteiger partial charge in [-0.05, 0) is 43.6 Å². The van der Waals surface area contributed by atoms with Crippen molar-refractivity contribution < 1.29 is 14.5 Å². The second-order valence-corrected chi connectivity index (χ2v) is 7.78. The number of unbranched alkanes of at least 4 members (excludes halogenated alkanes) is 2. The van der Waals surface area contributed by atoms with Crippen molar-refractivity contribution in [3.8, 4) is 0 Å². The number of benzene rings is 1. The molecule has 1 heterocycles. The molecule has 0 aromatic heterocycles. The lowest BCUT2D eigenvalue weighted by atomic mass is 9.75. The van der Waals surface area contributed by atoms with Gasteiger partial charge in [0.25, 0.3) is 0 Å². The molecule has 0 spiro atoms. The van der Waals surface area contributed by atoms with Gasteiger partial charge in [-0.25, -0.2) is 0 Å². The van der Waals surface area contributed by atoms with Gasteiger partial charge in [0, 0.05) is 18.9 Å². The third-order valence-corrected chi connectivity index (χ3v) is 6.12. The number of rotatable bonds is 8. The fraction of sp³-hybridized carbons (Fsp3) is 0.565. The summed E-state index contributed by atoms with van der Waals surface area (Å²) in [5.41, 5.74) is 3.34. The minimum absolute atomic E-state index is 0.00178. The van der Waals surface area contributed by atoms with Gasteiger partial charge in [-0.3, -0.25) is 0 Å². The van der Waals surface area contributed by atoms with Gasteiger partial charge in [-0.2, -0.15) is 0 Å². The van der Waals surface area contributed by atoms with Crippen LogP contribution in [0.15, 0.2) is 53.1 Å². The quantitative estimate of drug-likeness (QED) is 0.552. The van der Waals surface area contributed by atoms with Crippen LogP contribution in [-0.4, -0.2) is 20.3 Å². The van der Waals surface area contributed by atoms with Gasteiger partial charge in [0.05, 0.1) is 14.2 Å². The van der Waals surface area contributed by atoms with Gasteiger partial charge in [0.15, 0.2) is 11.5 Å². The first-order valence-corrected chi connectivity index (χ1v) is 10.3.